The molecule has 7 nitrogen and oxygen atoms in total. The minimum Gasteiger partial charge on any atom is -0.481 e. The van der Waals surface area contributed by atoms with Crippen molar-refractivity contribution >= 4 is 16.0 Å². The molecule has 1 aliphatic rings. The smallest absolute Gasteiger partial charge is 0.310 e. The molecule has 0 bridgehead atoms. The summed E-state index contributed by atoms with van der Waals surface area (Å²) >= 11 is 0. The second kappa shape index (κ2) is 4.85. The lowest BCUT2D eigenvalue weighted by molar-refractivity contribution is -0.146. The molecule has 1 atom stereocenters. The Morgan fingerprint density at radius 1 is 1.55 bits per heavy atom. The van der Waals surface area contributed by atoms with Gasteiger partial charge in [-0.05, 0) is 25.5 Å². The van der Waals surface area contributed by atoms with E-state index in [1.54, 1.807) is 6.07 Å². The van der Waals surface area contributed by atoms with Crippen molar-refractivity contribution in [2.24, 2.45) is 5.41 Å². The van der Waals surface area contributed by atoms with Gasteiger partial charge in [-0.1, -0.05) is 0 Å². The zero-order valence-corrected chi connectivity index (χ0v) is 11.6. The summed E-state index contributed by atoms with van der Waals surface area (Å²) in [4.78, 5) is 14.8. The third-order valence-electron chi connectivity index (χ3n) is 3.44. The molecule has 1 aromatic rings. The molecule has 8 heteroatoms. The molecule has 0 radical (unpaired) electrons. The number of rotatable bonds is 3. The highest BCUT2D eigenvalue weighted by molar-refractivity contribution is 7.89. The van der Waals surface area contributed by atoms with Crippen molar-refractivity contribution in [2.45, 2.75) is 18.2 Å². The largest absolute Gasteiger partial charge is 0.481 e. The Kier molecular flexibility index (Phi) is 3.50. The minimum atomic E-state index is -3.77. The number of hydrogen-bond donors (Lipinski definition) is 1. The van der Waals surface area contributed by atoms with Crippen LogP contribution in [-0.4, -0.2) is 41.9 Å². The summed E-state index contributed by atoms with van der Waals surface area (Å²) in [6.45, 7) is 1.62. The number of aromatic nitrogens is 1. The summed E-state index contributed by atoms with van der Waals surface area (Å²) in [5.41, 5.74) is -0.937. The lowest BCUT2D eigenvalue weighted by Gasteiger charge is -2.19. The number of aliphatic carboxylic acids is 1. The van der Waals surface area contributed by atoms with Crippen molar-refractivity contribution in [3.8, 4) is 6.07 Å². The van der Waals surface area contributed by atoms with Crippen LogP contribution in [0.1, 0.15) is 19.0 Å². The fourth-order valence-corrected chi connectivity index (χ4v) is 3.56. The van der Waals surface area contributed by atoms with Crippen LogP contribution in [0.25, 0.3) is 0 Å². The Hall–Kier alpha value is -1.98. The minimum absolute atomic E-state index is 0.0360. The van der Waals surface area contributed by atoms with Crippen molar-refractivity contribution in [3.05, 3.63) is 24.0 Å². The Bertz CT molecular complexity index is 678. The first-order valence-corrected chi connectivity index (χ1v) is 7.33. The van der Waals surface area contributed by atoms with Gasteiger partial charge < -0.3 is 5.11 Å². The van der Waals surface area contributed by atoms with Crippen LogP contribution in [0.5, 0.6) is 0 Å². The van der Waals surface area contributed by atoms with Crippen molar-refractivity contribution in [1.82, 2.24) is 9.29 Å². The molecule has 0 saturated carbocycles. The molecular formula is C12H13N3O4S. The van der Waals surface area contributed by atoms with Gasteiger partial charge >= 0.3 is 5.97 Å². The first-order chi connectivity index (χ1) is 9.29. The highest BCUT2D eigenvalue weighted by Gasteiger charge is 2.44. The Morgan fingerprint density at radius 2 is 2.25 bits per heavy atom. The normalized spacial score (nSPS) is 23.4. The van der Waals surface area contributed by atoms with Crippen LogP contribution in [0, 0.1) is 16.7 Å². The molecule has 1 aromatic heterocycles. The molecule has 0 aromatic carbocycles. The van der Waals surface area contributed by atoms with Gasteiger partial charge in [-0.2, -0.15) is 9.57 Å². The van der Waals surface area contributed by atoms with Gasteiger partial charge in [0.1, 0.15) is 16.7 Å². The number of hydrogen-bond acceptors (Lipinski definition) is 5. The number of nitrogens with zero attached hydrogens (tertiary/aromatic N) is 3. The number of pyridine rings is 1. The molecule has 20 heavy (non-hydrogen) atoms. The van der Waals surface area contributed by atoms with Gasteiger partial charge in [-0.15, -0.1) is 0 Å². The summed E-state index contributed by atoms with van der Waals surface area (Å²) in [7, 11) is -3.77. The average molecular weight is 295 g/mol. The fourth-order valence-electron chi connectivity index (χ4n) is 2.05. The molecule has 0 spiro atoms. The third kappa shape index (κ3) is 2.37. The van der Waals surface area contributed by atoms with Crippen LogP contribution in [0.4, 0.5) is 0 Å². The third-order valence-corrected chi connectivity index (χ3v) is 5.27. The summed E-state index contributed by atoms with van der Waals surface area (Å²) < 4.78 is 25.9. The van der Waals surface area contributed by atoms with E-state index >= 15 is 0 Å². The van der Waals surface area contributed by atoms with Gasteiger partial charge in [0, 0.05) is 19.3 Å². The van der Waals surface area contributed by atoms with Gasteiger partial charge in [0.25, 0.3) is 0 Å². The highest BCUT2D eigenvalue weighted by atomic mass is 32.2. The van der Waals surface area contributed by atoms with Crippen molar-refractivity contribution in [2.75, 3.05) is 13.1 Å². The second-order valence-electron chi connectivity index (χ2n) is 4.95. The molecule has 0 amide bonds. The monoisotopic (exact) mass is 295 g/mol. The van der Waals surface area contributed by atoms with E-state index in [0.29, 0.717) is 0 Å². The molecule has 1 unspecified atom stereocenters. The van der Waals surface area contributed by atoms with Crippen LogP contribution in [-0.2, 0) is 14.8 Å². The zero-order valence-electron chi connectivity index (χ0n) is 10.8. The number of sulfonamides is 1. The van der Waals surface area contributed by atoms with E-state index in [1.807, 2.05) is 0 Å². The molecule has 1 fully saturated rings. The van der Waals surface area contributed by atoms with E-state index in [2.05, 4.69) is 4.98 Å². The van der Waals surface area contributed by atoms with Crippen LogP contribution in [0.2, 0.25) is 0 Å². The first-order valence-electron chi connectivity index (χ1n) is 5.89. The van der Waals surface area contributed by atoms with Crippen LogP contribution < -0.4 is 0 Å². The lowest BCUT2D eigenvalue weighted by Crippen LogP contribution is -2.34. The van der Waals surface area contributed by atoms with Crippen molar-refractivity contribution in [1.29, 1.82) is 5.26 Å². The van der Waals surface area contributed by atoms with Gasteiger partial charge in [0.2, 0.25) is 10.0 Å². The van der Waals surface area contributed by atoms with E-state index in [9.17, 15) is 13.2 Å². The fraction of sp³-hybridized carbons (Fsp3) is 0.417. The van der Waals surface area contributed by atoms with Gasteiger partial charge in [-0.3, -0.25) is 4.79 Å². The molecule has 1 aliphatic heterocycles. The van der Waals surface area contributed by atoms with E-state index < -0.39 is 21.4 Å². The highest BCUT2D eigenvalue weighted by Crippen LogP contribution is 2.33. The van der Waals surface area contributed by atoms with Crippen LogP contribution >= 0.6 is 0 Å². The van der Waals surface area contributed by atoms with E-state index in [1.165, 1.54) is 19.1 Å². The molecule has 1 saturated heterocycles. The maximum atomic E-state index is 12.4. The van der Waals surface area contributed by atoms with Crippen molar-refractivity contribution in [3.63, 3.8) is 0 Å². The second-order valence-corrected chi connectivity index (χ2v) is 6.88. The number of nitriles is 1. The number of carboxylic acid groups (broad SMARTS) is 1. The van der Waals surface area contributed by atoms with Crippen molar-refractivity contribution < 1.29 is 18.3 Å². The van der Waals surface area contributed by atoms with E-state index in [0.717, 1.165) is 10.5 Å². The summed E-state index contributed by atoms with van der Waals surface area (Å²) in [6, 6.07) is 4.43. The summed E-state index contributed by atoms with van der Waals surface area (Å²) in [6.07, 6.45) is 1.38. The summed E-state index contributed by atoms with van der Waals surface area (Å²) in [5.74, 6) is -1.01. The number of carbonyl (C=O) groups is 1. The molecule has 106 valence electrons. The maximum Gasteiger partial charge on any atom is 0.310 e. The van der Waals surface area contributed by atoms with Gasteiger partial charge in [0.15, 0.2) is 0 Å². The van der Waals surface area contributed by atoms with Gasteiger partial charge in [-0.25, -0.2) is 13.4 Å². The van der Waals surface area contributed by atoms with Crippen LogP contribution in [0.15, 0.2) is 23.2 Å². The standard InChI is InChI=1S/C12H13N3O4S/c1-12(11(16)17)4-5-15(8-12)20(18,19)10-3-2-9(6-13)14-7-10/h2-3,7H,4-5,8H2,1H3,(H,16,17). The topological polar surface area (TPSA) is 111 Å². The SMILES string of the molecule is CC1(C(=O)O)CCN(S(=O)(=O)c2ccc(C#N)nc2)C1. The Morgan fingerprint density at radius 3 is 2.70 bits per heavy atom. The Balaban J connectivity index is 2.28. The maximum absolute atomic E-state index is 12.4. The lowest BCUT2D eigenvalue weighted by atomic mass is 9.90. The first kappa shape index (κ1) is 14.4. The summed E-state index contributed by atoms with van der Waals surface area (Å²) in [5, 5.41) is 17.8. The molecule has 1 N–H and O–H groups in total. The predicted octanol–water partition coefficient (Wildman–Crippen LogP) is 0.439. The average Bonchev–Trinajstić information content (AvgIpc) is 2.84. The number of carboxylic acids is 1. The quantitative estimate of drug-likeness (QED) is 0.866. The molecule has 0 aliphatic carbocycles. The Labute approximate surface area is 116 Å². The predicted molar refractivity (Wildman–Crippen MR) is 68.1 cm³/mol. The molecular weight excluding hydrogens is 282 g/mol. The molecule has 2 rings (SSSR count). The van der Waals surface area contributed by atoms with E-state index in [4.69, 9.17) is 10.4 Å². The zero-order chi connectivity index (χ0) is 15.0. The van der Waals surface area contributed by atoms with Crippen LogP contribution in [0.3, 0.4) is 0 Å². The van der Waals surface area contributed by atoms with Gasteiger partial charge in [0.05, 0.1) is 5.41 Å². The molecule has 2 heterocycles. The van der Waals surface area contributed by atoms with E-state index in [-0.39, 0.29) is 30.1 Å².